The molecular formula is C22H29N5. The minimum Gasteiger partial charge on any atom is -0.354 e. The molecule has 142 valence electrons. The summed E-state index contributed by atoms with van der Waals surface area (Å²) in [5.74, 6) is 1.58. The summed E-state index contributed by atoms with van der Waals surface area (Å²) < 4.78 is 1.95. The quantitative estimate of drug-likeness (QED) is 0.709. The molecule has 1 aliphatic rings. The van der Waals surface area contributed by atoms with Crippen LogP contribution in [0.15, 0.2) is 30.3 Å². The van der Waals surface area contributed by atoms with Crippen LogP contribution in [0.4, 0.5) is 5.82 Å². The van der Waals surface area contributed by atoms with Gasteiger partial charge in [0.2, 0.25) is 0 Å². The average Bonchev–Trinajstić information content (AvgIpc) is 2.95. The van der Waals surface area contributed by atoms with Gasteiger partial charge in [0.15, 0.2) is 0 Å². The second-order valence-electron chi connectivity index (χ2n) is 8.03. The maximum absolute atomic E-state index is 5.06. The number of likely N-dealkylation sites (N-methyl/N-ethyl adjacent to an activating group) is 1. The lowest BCUT2D eigenvalue weighted by atomic mass is 10.00. The van der Waals surface area contributed by atoms with E-state index in [2.05, 4.69) is 73.0 Å². The molecular weight excluding hydrogens is 334 g/mol. The summed E-state index contributed by atoms with van der Waals surface area (Å²) in [7, 11) is 4.18. The molecule has 0 bridgehead atoms. The highest BCUT2D eigenvalue weighted by atomic mass is 15.3. The van der Waals surface area contributed by atoms with Crippen LogP contribution < -0.4 is 4.90 Å². The van der Waals surface area contributed by atoms with Crippen molar-refractivity contribution >= 4 is 16.7 Å². The fourth-order valence-corrected chi connectivity index (χ4v) is 3.82. The molecule has 4 rings (SSSR count). The average molecular weight is 364 g/mol. The predicted molar refractivity (Wildman–Crippen MR) is 112 cm³/mol. The van der Waals surface area contributed by atoms with E-state index in [0.29, 0.717) is 5.92 Å². The fraction of sp³-hybridized carbons (Fsp3) is 0.455. The summed E-state index contributed by atoms with van der Waals surface area (Å²) in [5.41, 5.74) is 5.79. The molecule has 0 unspecified atom stereocenters. The molecule has 1 saturated heterocycles. The van der Waals surface area contributed by atoms with E-state index in [1.807, 2.05) is 11.7 Å². The van der Waals surface area contributed by atoms with Gasteiger partial charge >= 0.3 is 0 Å². The molecule has 2 aromatic heterocycles. The number of piperazine rings is 1. The summed E-state index contributed by atoms with van der Waals surface area (Å²) in [6, 6.07) is 11.1. The van der Waals surface area contributed by atoms with E-state index in [1.54, 1.807) is 0 Å². The van der Waals surface area contributed by atoms with E-state index in [9.17, 15) is 0 Å². The summed E-state index contributed by atoms with van der Waals surface area (Å²) in [4.78, 5) is 9.86. The second kappa shape index (κ2) is 6.97. The van der Waals surface area contributed by atoms with Gasteiger partial charge in [0.05, 0.1) is 16.9 Å². The molecule has 0 spiro atoms. The standard InChI is InChI=1S/C22H29N5/c1-15(2)18-13-20(23-22(14-18)27-10-8-25(4)9-11-27)17-6-7-21-19(12-17)16(3)24-26(21)5/h6-7,12-15H,8-11H2,1-5H3. The normalized spacial score (nSPS) is 15.9. The molecule has 27 heavy (non-hydrogen) atoms. The maximum Gasteiger partial charge on any atom is 0.129 e. The molecule has 0 atom stereocenters. The summed E-state index contributed by atoms with van der Waals surface area (Å²) in [6.45, 7) is 10.8. The number of anilines is 1. The number of aromatic nitrogens is 3. The molecule has 0 amide bonds. The van der Waals surface area contributed by atoms with Gasteiger partial charge in [0.25, 0.3) is 0 Å². The van der Waals surface area contributed by atoms with Crippen molar-refractivity contribution in [3.05, 3.63) is 41.6 Å². The maximum atomic E-state index is 5.06. The number of rotatable bonds is 3. The Morgan fingerprint density at radius 2 is 1.70 bits per heavy atom. The number of benzene rings is 1. The highest BCUT2D eigenvalue weighted by molar-refractivity contribution is 5.86. The lowest BCUT2D eigenvalue weighted by Gasteiger charge is -2.33. The Hall–Kier alpha value is -2.40. The summed E-state index contributed by atoms with van der Waals surface area (Å²) in [6.07, 6.45) is 0. The Labute approximate surface area is 161 Å². The molecule has 1 aliphatic heterocycles. The van der Waals surface area contributed by atoms with E-state index in [-0.39, 0.29) is 0 Å². The van der Waals surface area contributed by atoms with E-state index in [0.717, 1.165) is 54.5 Å². The third-order valence-electron chi connectivity index (χ3n) is 5.66. The number of pyridine rings is 1. The molecule has 0 saturated carbocycles. The first-order valence-corrected chi connectivity index (χ1v) is 9.81. The van der Waals surface area contributed by atoms with Gasteiger partial charge in [-0.3, -0.25) is 4.68 Å². The van der Waals surface area contributed by atoms with Crippen LogP contribution in [0.1, 0.15) is 31.0 Å². The Morgan fingerprint density at radius 3 is 2.41 bits per heavy atom. The molecule has 5 nitrogen and oxygen atoms in total. The van der Waals surface area contributed by atoms with Gasteiger partial charge < -0.3 is 9.80 Å². The monoisotopic (exact) mass is 363 g/mol. The first kappa shape index (κ1) is 18.0. The molecule has 3 heterocycles. The first-order valence-electron chi connectivity index (χ1n) is 9.81. The topological polar surface area (TPSA) is 37.2 Å². The van der Waals surface area contributed by atoms with Crippen molar-refractivity contribution < 1.29 is 0 Å². The van der Waals surface area contributed by atoms with Gasteiger partial charge in [-0.25, -0.2) is 4.98 Å². The molecule has 0 radical (unpaired) electrons. The molecule has 0 N–H and O–H groups in total. The minimum atomic E-state index is 0.474. The Bertz CT molecular complexity index is 964. The zero-order valence-electron chi connectivity index (χ0n) is 17.0. The SMILES string of the molecule is Cc1nn(C)c2ccc(-c3cc(C(C)C)cc(N4CCN(C)CC4)n3)cc12. The largest absolute Gasteiger partial charge is 0.354 e. The number of nitrogens with zero attached hydrogens (tertiary/aromatic N) is 5. The predicted octanol–water partition coefficient (Wildman–Crippen LogP) is 3.82. The number of hydrogen-bond acceptors (Lipinski definition) is 4. The lowest BCUT2D eigenvalue weighted by molar-refractivity contribution is 0.312. The van der Waals surface area contributed by atoms with Gasteiger partial charge in [0, 0.05) is 44.2 Å². The van der Waals surface area contributed by atoms with Crippen LogP contribution in [-0.4, -0.2) is 52.9 Å². The third kappa shape index (κ3) is 3.44. The van der Waals surface area contributed by atoms with Crippen LogP contribution in [-0.2, 0) is 7.05 Å². The number of fused-ring (bicyclic) bond motifs is 1. The zero-order chi connectivity index (χ0) is 19.1. The Balaban J connectivity index is 1.78. The van der Waals surface area contributed by atoms with Crippen molar-refractivity contribution in [3.63, 3.8) is 0 Å². The number of aryl methyl sites for hydroxylation is 2. The highest BCUT2D eigenvalue weighted by Gasteiger charge is 2.18. The van der Waals surface area contributed by atoms with Crippen molar-refractivity contribution in [2.24, 2.45) is 7.05 Å². The molecule has 0 aliphatic carbocycles. The van der Waals surface area contributed by atoms with Crippen molar-refractivity contribution in [2.75, 3.05) is 38.1 Å². The van der Waals surface area contributed by atoms with E-state index in [4.69, 9.17) is 4.98 Å². The van der Waals surface area contributed by atoms with Crippen LogP contribution in [0.2, 0.25) is 0 Å². The third-order valence-corrected chi connectivity index (χ3v) is 5.66. The lowest BCUT2D eigenvalue weighted by Crippen LogP contribution is -2.44. The van der Waals surface area contributed by atoms with E-state index < -0.39 is 0 Å². The van der Waals surface area contributed by atoms with Crippen LogP contribution in [0, 0.1) is 6.92 Å². The molecule has 5 heteroatoms. The fourth-order valence-electron chi connectivity index (χ4n) is 3.82. The van der Waals surface area contributed by atoms with Crippen molar-refractivity contribution in [1.82, 2.24) is 19.7 Å². The van der Waals surface area contributed by atoms with Gasteiger partial charge in [-0.15, -0.1) is 0 Å². The number of hydrogen-bond donors (Lipinski definition) is 0. The van der Waals surface area contributed by atoms with Crippen molar-refractivity contribution in [1.29, 1.82) is 0 Å². The summed E-state index contributed by atoms with van der Waals surface area (Å²) in [5, 5.41) is 5.75. The van der Waals surface area contributed by atoms with Gasteiger partial charge in [-0.2, -0.15) is 5.10 Å². The van der Waals surface area contributed by atoms with E-state index >= 15 is 0 Å². The minimum absolute atomic E-state index is 0.474. The van der Waals surface area contributed by atoms with Crippen LogP contribution in [0.3, 0.4) is 0 Å². The molecule has 3 aromatic rings. The summed E-state index contributed by atoms with van der Waals surface area (Å²) >= 11 is 0. The Kier molecular flexibility index (Phi) is 4.64. The van der Waals surface area contributed by atoms with Gasteiger partial charge in [-0.05, 0) is 49.7 Å². The first-order chi connectivity index (χ1) is 12.9. The van der Waals surface area contributed by atoms with Gasteiger partial charge in [-0.1, -0.05) is 19.9 Å². The van der Waals surface area contributed by atoms with E-state index in [1.165, 1.54) is 10.9 Å². The van der Waals surface area contributed by atoms with Crippen molar-refractivity contribution in [2.45, 2.75) is 26.7 Å². The zero-order valence-corrected chi connectivity index (χ0v) is 17.0. The molecule has 1 aromatic carbocycles. The van der Waals surface area contributed by atoms with Crippen LogP contribution >= 0.6 is 0 Å². The second-order valence-corrected chi connectivity index (χ2v) is 8.03. The van der Waals surface area contributed by atoms with Gasteiger partial charge in [0.1, 0.15) is 5.82 Å². The van der Waals surface area contributed by atoms with Crippen LogP contribution in [0.5, 0.6) is 0 Å². The molecule has 1 fully saturated rings. The van der Waals surface area contributed by atoms with Crippen LogP contribution in [0.25, 0.3) is 22.2 Å². The van der Waals surface area contributed by atoms with Crippen molar-refractivity contribution in [3.8, 4) is 11.3 Å². The Morgan fingerprint density at radius 1 is 0.963 bits per heavy atom. The highest BCUT2D eigenvalue weighted by Crippen LogP contribution is 2.30. The smallest absolute Gasteiger partial charge is 0.129 e.